The van der Waals surface area contributed by atoms with Crippen molar-refractivity contribution in [3.63, 3.8) is 0 Å². The van der Waals surface area contributed by atoms with Gasteiger partial charge in [0, 0.05) is 17.0 Å². The van der Waals surface area contributed by atoms with Gasteiger partial charge in [-0.25, -0.2) is 0 Å². The molecule has 2 heteroatoms. The molecule has 1 aliphatic carbocycles. The zero-order valence-corrected chi connectivity index (χ0v) is 13.5. The van der Waals surface area contributed by atoms with Crippen molar-refractivity contribution in [2.45, 2.75) is 71.4 Å². The minimum Gasteiger partial charge on any atom is -0.311 e. The normalized spacial score (nSPS) is 26.3. The number of thiophene rings is 1. The molecular weight excluding hydrogens is 250 g/mol. The molecule has 0 aliphatic heterocycles. The molecule has 0 aromatic carbocycles. The zero-order chi connectivity index (χ0) is 13.7. The van der Waals surface area contributed by atoms with Crippen LogP contribution >= 0.6 is 11.3 Å². The first-order chi connectivity index (χ1) is 9.15. The highest BCUT2D eigenvalue weighted by atomic mass is 32.1. The van der Waals surface area contributed by atoms with Gasteiger partial charge in [-0.1, -0.05) is 32.8 Å². The highest BCUT2D eigenvalue weighted by Gasteiger charge is 2.21. The molecule has 1 aromatic rings. The third kappa shape index (κ3) is 4.92. The number of rotatable bonds is 5. The van der Waals surface area contributed by atoms with Crippen LogP contribution in [0.2, 0.25) is 0 Å². The van der Waals surface area contributed by atoms with Crippen molar-refractivity contribution in [2.24, 2.45) is 11.8 Å². The summed E-state index contributed by atoms with van der Waals surface area (Å²) in [7, 11) is 0. The van der Waals surface area contributed by atoms with E-state index < -0.39 is 0 Å². The molecule has 19 heavy (non-hydrogen) atoms. The van der Waals surface area contributed by atoms with Crippen molar-refractivity contribution in [3.8, 4) is 0 Å². The minimum atomic E-state index is 0.610. The van der Waals surface area contributed by atoms with E-state index in [0.717, 1.165) is 17.9 Å². The highest BCUT2D eigenvalue weighted by Crippen LogP contribution is 2.29. The van der Waals surface area contributed by atoms with Crippen molar-refractivity contribution in [3.05, 3.63) is 22.4 Å². The van der Waals surface area contributed by atoms with E-state index in [1.165, 1.54) is 43.4 Å². The molecule has 108 valence electrons. The largest absolute Gasteiger partial charge is 0.311 e. The van der Waals surface area contributed by atoms with Gasteiger partial charge in [0.2, 0.25) is 0 Å². The monoisotopic (exact) mass is 279 g/mol. The SMILES string of the molecule is CC(Cc1cccs1)NC1CCCC(C(C)C)CC1. The molecule has 1 N–H and O–H groups in total. The fourth-order valence-electron chi connectivity index (χ4n) is 3.36. The Balaban J connectivity index is 1.76. The molecule has 1 saturated carbocycles. The fraction of sp³-hybridized carbons (Fsp3) is 0.765. The first-order valence-electron chi connectivity index (χ1n) is 7.93. The Labute approximate surface area is 122 Å². The van der Waals surface area contributed by atoms with Crippen LogP contribution in [-0.4, -0.2) is 12.1 Å². The lowest BCUT2D eigenvalue weighted by atomic mass is 9.89. The summed E-state index contributed by atoms with van der Waals surface area (Å²) in [5.41, 5.74) is 0. The molecule has 0 bridgehead atoms. The molecule has 2 rings (SSSR count). The van der Waals surface area contributed by atoms with Gasteiger partial charge in [0.05, 0.1) is 0 Å². The Kier molecular flexibility index (Phi) is 5.90. The van der Waals surface area contributed by atoms with Crippen LogP contribution < -0.4 is 5.32 Å². The second kappa shape index (κ2) is 7.44. The molecule has 1 fully saturated rings. The summed E-state index contributed by atoms with van der Waals surface area (Å²) in [4.78, 5) is 1.51. The van der Waals surface area contributed by atoms with Gasteiger partial charge in [0.25, 0.3) is 0 Å². The summed E-state index contributed by atoms with van der Waals surface area (Å²) >= 11 is 1.88. The van der Waals surface area contributed by atoms with Crippen molar-refractivity contribution in [1.29, 1.82) is 0 Å². The van der Waals surface area contributed by atoms with Crippen LogP contribution in [0.15, 0.2) is 17.5 Å². The Morgan fingerprint density at radius 1 is 1.21 bits per heavy atom. The van der Waals surface area contributed by atoms with Gasteiger partial charge in [-0.3, -0.25) is 0 Å². The molecule has 0 spiro atoms. The van der Waals surface area contributed by atoms with Gasteiger partial charge >= 0.3 is 0 Å². The summed E-state index contributed by atoms with van der Waals surface area (Å²) in [6, 6.07) is 5.77. The van der Waals surface area contributed by atoms with E-state index in [9.17, 15) is 0 Å². The van der Waals surface area contributed by atoms with Crippen molar-refractivity contribution in [2.75, 3.05) is 0 Å². The van der Waals surface area contributed by atoms with Crippen LogP contribution in [0, 0.1) is 11.8 Å². The van der Waals surface area contributed by atoms with Gasteiger partial charge in [-0.05, 0) is 55.9 Å². The van der Waals surface area contributed by atoms with Crippen LogP contribution in [0.1, 0.15) is 57.8 Å². The maximum absolute atomic E-state index is 3.86. The quantitative estimate of drug-likeness (QED) is 0.758. The molecular formula is C17H29NS. The Morgan fingerprint density at radius 2 is 2.05 bits per heavy atom. The Bertz CT molecular complexity index is 344. The predicted octanol–water partition coefficient (Wildman–Crippen LogP) is 4.87. The fourth-order valence-corrected chi connectivity index (χ4v) is 4.19. The molecule has 3 unspecified atom stereocenters. The first-order valence-corrected chi connectivity index (χ1v) is 8.81. The Hall–Kier alpha value is -0.340. The summed E-state index contributed by atoms with van der Waals surface area (Å²) in [5.74, 6) is 1.82. The van der Waals surface area contributed by atoms with Crippen LogP contribution in [0.4, 0.5) is 0 Å². The molecule has 1 aromatic heterocycles. The standard InChI is InChI=1S/C17H29NS/c1-13(2)15-6-4-7-16(10-9-15)18-14(3)12-17-8-5-11-19-17/h5,8,11,13-16,18H,4,6-7,9-10,12H2,1-3H3. The summed E-state index contributed by atoms with van der Waals surface area (Å²) in [5, 5.41) is 6.04. The maximum atomic E-state index is 3.86. The number of hydrogen-bond donors (Lipinski definition) is 1. The van der Waals surface area contributed by atoms with Crippen LogP contribution in [0.3, 0.4) is 0 Å². The second-order valence-electron chi connectivity index (χ2n) is 6.56. The van der Waals surface area contributed by atoms with Gasteiger partial charge in [0.15, 0.2) is 0 Å². The maximum Gasteiger partial charge on any atom is 0.00896 e. The van der Waals surface area contributed by atoms with Crippen LogP contribution in [0.25, 0.3) is 0 Å². The third-order valence-corrected chi connectivity index (χ3v) is 5.46. The van der Waals surface area contributed by atoms with E-state index in [2.05, 4.69) is 43.6 Å². The number of hydrogen-bond acceptors (Lipinski definition) is 2. The topological polar surface area (TPSA) is 12.0 Å². The zero-order valence-electron chi connectivity index (χ0n) is 12.7. The molecule has 1 heterocycles. The lowest BCUT2D eigenvalue weighted by molar-refractivity contribution is 0.334. The van der Waals surface area contributed by atoms with E-state index in [1.807, 2.05) is 11.3 Å². The smallest absolute Gasteiger partial charge is 0.00896 e. The van der Waals surface area contributed by atoms with Crippen molar-refractivity contribution < 1.29 is 0 Å². The minimum absolute atomic E-state index is 0.610. The third-order valence-electron chi connectivity index (χ3n) is 4.56. The lowest BCUT2D eigenvalue weighted by Gasteiger charge is -2.22. The van der Waals surface area contributed by atoms with E-state index in [0.29, 0.717) is 6.04 Å². The van der Waals surface area contributed by atoms with Gasteiger partial charge in [-0.2, -0.15) is 0 Å². The summed E-state index contributed by atoms with van der Waals surface area (Å²) < 4.78 is 0. The van der Waals surface area contributed by atoms with E-state index >= 15 is 0 Å². The summed E-state index contributed by atoms with van der Waals surface area (Å²) in [6.45, 7) is 7.11. The van der Waals surface area contributed by atoms with E-state index in [1.54, 1.807) is 0 Å². The lowest BCUT2D eigenvalue weighted by Crippen LogP contribution is -2.37. The second-order valence-corrected chi connectivity index (χ2v) is 7.59. The molecule has 1 aliphatic rings. The molecule has 0 radical (unpaired) electrons. The molecule has 3 atom stereocenters. The highest BCUT2D eigenvalue weighted by molar-refractivity contribution is 7.09. The van der Waals surface area contributed by atoms with Crippen molar-refractivity contribution >= 4 is 11.3 Å². The van der Waals surface area contributed by atoms with E-state index in [-0.39, 0.29) is 0 Å². The molecule has 0 saturated heterocycles. The van der Waals surface area contributed by atoms with Gasteiger partial charge in [-0.15, -0.1) is 11.3 Å². The first kappa shape index (κ1) is 15.1. The average Bonchev–Trinajstić information content (AvgIpc) is 2.73. The van der Waals surface area contributed by atoms with Gasteiger partial charge in [0.1, 0.15) is 0 Å². The van der Waals surface area contributed by atoms with E-state index in [4.69, 9.17) is 0 Å². The van der Waals surface area contributed by atoms with Crippen molar-refractivity contribution in [1.82, 2.24) is 5.32 Å². The average molecular weight is 279 g/mol. The summed E-state index contributed by atoms with van der Waals surface area (Å²) in [6.07, 6.45) is 8.19. The van der Waals surface area contributed by atoms with Crippen LogP contribution in [-0.2, 0) is 6.42 Å². The Morgan fingerprint density at radius 3 is 2.74 bits per heavy atom. The molecule has 1 nitrogen and oxygen atoms in total. The molecule has 0 amide bonds. The van der Waals surface area contributed by atoms with Crippen LogP contribution in [0.5, 0.6) is 0 Å². The number of nitrogens with one attached hydrogen (secondary N) is 1. The predicted molar refractivity (Wildman–Crippen MR) is 85.8 cm³/mol. The van der Waals surface area contributed by atoms with Gasteiger partial charge < -0.3 is 5.32 Å².